The Bertz CT molecular complexity index is 1290. The molecular formula is C26H24N4O2S. The fraction of sp³-hybridized carbons (Fsp3) is 0.231. The van der Waals surface area contributed by atoms with Crippen molar-refractivity contribution in [1.82, 2.24) is 9.47 Å². The number of likely N-dealkylation sites (N-methyl/N-ethyl adjacent to an activating group) is 1. The Morgan fingerprint density at radius 3 is 2.67 bits per heavy atom. The molecule has 33 heavy (non-hydrogen) atoms. The molecule has 2 aliphatic rings. The molecule has 166 valence electrons. The van der Waals surface area contributed by atoms with Gasteiger partial charge in [-0.2, -0.15) is 0 Å². The van der Waals surface area contributed by atoms with Crippen LogP contribution in [0.15, 0.2) is 64.6 Å². The van der Waals surface area contributed by atoms with Gasteiger partial charge in [-0.3, -0.25) is 9.69 Å². The summed E-state index contributed by atoms with van der Waals surface area (Å²) in [6.07, 6.45) is 9.47. The lowest BCUT2D eigenvalue weighted by atomic mass is 10.1. The van der Waals surface area contributed by atoms with Crippen LogP contribution in [0.2, 0.25) is 0 Å². The molecule has 7 heteroatoms. The van der Waals surface area contributed by atoms with Crippen molar-refractivity contribution < 1.29 is 9.53 Å². The van der Waals surface area contributed by atoms with E-state index in [1.807, 2.05) is 53.2 Å². The Hall–Kier alpha value is -3.47. The van der Waals surface area contributed by atoms with E-state index >= 15 is 0 Å². The number of ether oxygens (including phenoxy) is 1. The topological polar surface area (TPSA) is 50.1 Å². The smallest absolute Gasteiger partial charge is 0.266 e. The summed E-state index contributed by atoms with van der Waals surface area (Å²) in [6, 6.07) is 16.2. The number of thioether (sulfide) groups is 1. The summed E-state index contributed by atoms with van der Waals surface area (Å²) < 4.78 is 7.45. The molecule has 0 atom stereocenters. The Labute approximate surface area is 197 Å². The second-order valence-electron chi connectivity index (χ2n) is 7.92. The van der Waals surface area contributed by atoms with Gasteiger partial charge in [0, 0.05) is 48.5 Å². The summed E-state index contributed by atoms with van der Waals surface area (Å²) in [4.78, 5) is 22.2. The van der Waals surface area contributed by atoms with Crippen LogP contribution in [0, 0.1) is 12.3 Å². The Morgan fingerprint density at radius 1 is 1.15 bits per heavy atom. The molecular weight excluding hydrogens is 432 g/mol. The molecule has 2 fully saturated rings. The zero-order valence-electron chi connectivity index (χ0n) is 18.4. The van der Waals surface area contributed by atoms with Crippen LogP contribution in [0.1, 0.15) is 5.56 Å². The number of aliphatic imine (C=N–C) groups is 1. The summed E-state index contributed by atoms with van der Waals surface area (Å²) in [6.45, 7) is 3.78. The van der Waals surface area contributed by atoms with Gasteiger partial charge >= 0.3 is 0 Å². The standard InChI is InChI=1S/C26H24N4O2S/c1-3-12-30-18-19(22-6-4-5-7-23(22)30)17-24-25(31)28(2)26(33-24)27-20-8-10-21(11-9-20)29-13-15-32-16-14-29/h1,4-11,17-18H,12-16H2,2H3/b24-17-,27-26?. The summed E-state index contributed by atoms with van der Waals surface area (Å²) in [5.41, 5.74) is 4.01. The molecule has 1 aromatic heterocycles. The van der Waals surface area contributed by atoms with E-state index < -0.39 is 0 Å². The molecule has 2 aromatic carbocycles. The molecule has 1 amide bonds. The third-order valence-corrected chi connectivity index (χ3v) is 6.88. The minimum Gasteiger partial charge on any atom is -0.378 e. The minimum atomic E-state index is -0.0579. The molecule has 2 saturated heterocycles. The third kappa shape index (κ3) is 4.28. The molecule has 0 bridgehead atoms. The van der Waals surface area contributed by atoms with Crippen LogP contribution in [0.25, 0.3) is 17.0 Å². The lowest BCUT2D eigenvalue weighted by Gasteiger charge is -2.28. The largest absolute Gasteiger partial charge is 0.378 e. The number of carbonyl (C=O) groups excluding carboxylic acids is 1. The van der Waals surface area contributed by atoms with Crippen molar-refractivity contribution >= 4 is 51.2 Å². The van der Waals surface area contributed by atoms with Crippen molar-refractivity contribution in [1.29, 1.82) is 0 Å². The average Bonchev–Trinajstić information content (AvgIpc) is 3.33. The first-order valence-electron chi connectivity index (χ1n) is 10.8. The van der Waals surface area contributed by atoms with E-state index in [-0.39, 0.29) is 5.91 Å². The molecule has 5 rings (SSSR count). The summed E-state index contributed by atoms with van der Waals surface area (Å²) in [5.74, 6) is 2.63. The molecule has 6 nitrogen and oxygen atoms in total. The van der Waals surface area contributed by atoms with E-state index in [1.54, 1.807) is 11.9 Å². The van der Waals surface area contributed by atoms with Crippen molar-refractivity contribution in [2.24, 2.45) is 4.99 Å². The number of hydrogen-bond acceptors (Lipinski definition) is 5. The summed E-state index contributed by atoms with van der Waals surface area (Å²) >= 11 is 1.39. The van der Waals surface area contributed by atoms with Crippen molar-refractivity contribution in [2.45, 2.75) is 6.54 Å². The van der Waals surface area contributed by atoms with Crippen LogP contribution < -0.4 is 4.90 Å². The molecule has 2 aliphatic heterocycles. The molecule has 0 spiro atoms. The normalized spacial score (nSPS) is 19.1. The Morgan fingerprint density at radius 2 is 1.91 bits per heavy atom. The summed E-state index contributed by atoms with van der Waals surface area (Å²) in [5, 5.41) is 1.73. The van der Waals surface area contributed by atoms with E-state index in [4.69, 9.17) is 16.2 Å². The van der Waals surface area contributed by atoms with Crippen LogP contribution in [-0.4, -0.2) is 53.9 Å². The highest BCUT2D eigenvalue weighted by Crippen LogP contribution is 2.35. The maximum absolute atomic E-state index is 12.9. The number of para-hydroxylation sites is 1. The van der Waals surface area contributed by atoms with Gasteiger partial charge in [-0.05, 0) is 48.2 Å². The lowest BCUT2D eigenvalue weighted by Crippen LogP contribution is -2.36. The number of hydrogen-bond donors (Lipinski definition) is 0. The zero-order chi connectivity index (χ0) is 22.8. The monoisotopic (exact) mass is 456 g/mol. The van der Waals surface area contributed by atoms with E-state index in [1.165, 1.54) is 11.8 Å². The van der Waals surface area contributed by atoms with Gasteiger partial charge < -0.3 is 14.2 Å². The molecule has 0 N–H and O–H groups in total. The summed E-state index contributed by atoms with van der Waals surface area (Å²) in [7, 11) is 1.76. The number of amidine groups is 1. The number of aromatic nitrogens is 1. The van der Waals surface area contributed by atoms with Crippen LogP contribution in [0.3, 0.4) is 0 Å². The first-order chi connectivity index (χ1) is 16.1. The number of carbonyl (C=O) groups is 1. The number of amides is 1. The van der Waals surface area contributed by atoms with E-state index in [9.17, 15) is 4.79 Å². The van der Waals surface area contributed by atoms with Gasteiger partial charge in [0.2, 0.25) is 0 Å². The predicted molar refractivity (Wildman–Crippen MR) is 136 cm³/mol. The van der Waals surface area contributed by atoms with Crippen molar-refractivity contribution in [3.63, 3.8) is 0 Å². The van der Waals surface area contributed by atoms with E-state index in [0.29, 0.717) is 16.6 Å². The first-order valence-corrected chi connectivity index (χ1v) is 11.7. The molecule has 0 radical (unpaired) electrons. The number of benzene rings is 2. The Balaban J connectivity index is 1.40. The fourth-order valence-electron chi connectivity index (χ4n) is 4.08. The van der Waals surface area contributed by atoms with Crippen molar-refractivity contribution in [2.75, 3.05) is 38.3 Å². The number of fused-ring (bicyclic) bond motifs is 1. The SMILES string of the molecule is C#CCn1cc(/C=C2\SC(=Nc3ccc(N4CCOCC4)cc3)N(C)C2=O)c2ccccc21. The van der Waals surface area contributed by atoms with E-state index in [0.717, 1.165) is 54.1 Å². The van der Waals surface area contributed by atoms with Gasteiger partial charge in [0.15, 0.2) is 5.17 Å². The van der Waals surface area contributed by atoms with Crippen molar-refractivity contribution in [3.8, 4) is 12.3 Å². The van der Waals surface area contributed by atoms with Crippen LogP contribution in [-0.2, 0) is 16.1 Å². The van der Waals surface area contributed by atoms with E-state index in [2.05, 4.69) is 23.0 Å². The number of morpholine rings is 1. The van der Waals surface area contributed by atoms with Crippen LogP contribution >= 0.6 is 11.8 Å². The van der Waals surface area contributed by atoms with Gasteiger partial charge in [-0.25, -0.2) is 4.99 Å². The highest BCUT2D eigenvalue weighted by Gasteiger charge is 2.30. The number of terminal acetylenes is 1. The first kappa shape index (κ1) is 21.4. The second kappa shape index (κ2) is 9.18. The van der Waals surface area contributed by atoms with Gasteiger partial charge in [-0.15, -0.1) is 6.42 Å². The van der Waals surface area contributed by atoms with Crippen LogP contribution in [0.5, 0.6) is 0 Å². The molecule has 0 unspecified atom stereocenters. The van der Waals surface area contributed by atoms with Gasteiger partial charge in [0.25, 0.3) is 5.91 Å². The molecule has 3 aromatic rings. The highest BCUT2D eigenvalue weighted by atomic mass is 32.2. The Kier molecular flexibility index (Phi) is 5.95. The molecule has 0 aliphatic carbocycles. The predicted octanol–water partition coefficient (Wildman–Crippen LogP) is 4.34. The third-order valence-electron chi connectivity index (χ3n) is 5.82. The lowest BCUT2D eigenvalue weighted by molar-refractivity contribution is -0.121. The van der Waals surface area contributed by atoms with Gasteiger partial charge in [-0.1, -0.05) is 24.1 Å². The minimum absolute atomic E-state index is 0.0579. The highest BCUT2D eigenvalue weighted by molar-refractivity contribution is 8.18. The second-order valence-corrected chi connectivity index (χ2v) is 8.93. The van der Waals surface area contributed by atoms with Crippen molar-refractivity contribution in [3.05, 3.63) is 65.2 Å². The average molecular weight is 457 g/mol. The molecule has 0 saturated carbocycles. The van der Waals surface area contributed by atoms with Gasteiger partial charge in [0.05, 0.1) is 30.4 Å². The van der Waals surface area contributed by atoms with Crippen LogP contribution in [0.4, 0.5) is 11.4 Å². The number of rotatable bonds is 4. The number of nitrogens with zero attached hydrogens (tertiary/aromatic N) is 4. The zero-order valence-corrected chi connectivity index (χ0v) is 19.2. The molecule has 3 heterocycles. The quantitative estimate of drug-likeness (QED) is 0.433. The van der Waals surface area contributed by atoms with Gasteiger partial charge in [0.1, 0.15) is 0 Å². The fourth-order valence-corrected chi connectivity index (χ4v) is 5.06. The maximum Gasteiger partial charge on any atom is 0.266 e. The maximum atomic E-state index is 12.9. The number of anilines is 1.